The SMILES string of the molecule is O=C([O-])[O-].[Al+3].[Fe+2].[OH-]. The number of hydrogen-bond donors (Lipinski definition) is 0. The molecule has 0 spiro atoms. The Morgan fingerprint density at radius 3 is 1.29 bits per heavy atom. The van der Waals surface area contributed by atoms with Gasteiger partial charge in [0.15, 0.2) is 0 Å². The topological polar surface area (TPSA) is 93.2 Å². The third-order valence-electron chi connectivity index (χ3n) is 0. The molecule has 0 radical (unpaired) electrons. The van der Waals surface area contributed by atoms with Gasteiger partial charge in [-0.25, -0.2) is 0 Å². The Labute approximate surface area is 61.4 Å². The molecule has 0 aromatic carbocycles. The molecule has 38 valence electrons. The molecule has 0 atom stereocenters. The van der Waals surface area contributed by atoms with E-state index in [0.717, 1.165) is 0 Å². The molecular weight excluding hydrogens is 159 g/mol. The van der Waals surface area contributed by atoms with Crippen LogP contribution in [-0.4, -0.2) is 29.0 Å². The Hall–Kier alpha value is 0.282. The van der Waals surface area contributed by atoms with Crippen molar-refractivity contribution in [3.63, 3.8) is 0 Å². The zero-order valence-corrected chi connectivity index (χ0v) is 5.36. The van der Waals surface area contributed by atoms with Gasteiger partial charge in [0, 0.05) is 0 Å². The van der Waals surface area contributed by atoms with E-state index in [1.165, 1.54) is 0 Å². The summed E-state index contributed by atoms with van der Waals surface area (Å²) in [5.41, 5.74) is 0. The van der Waals surface area contributed by atoms with Crippen molar-refractivity contribution in [3.8, 4) is 0 Å². The predicted octanol–water partition coefficient (Wildman–Crippen LogP) is -3.01. The summed E-state index contributed by atoms with van der Waals surface area (Å²) in [6, 6.07) is 0. The van der Waals surface area contributed by atoms with Crippen LogP contribution < -0.4 is 10.2 Å². The molecule has 4 nitrogen and oxygen atoms in total. The summed E-state index contributed by atoms with van der Waals surface area (Å²) in [6.07, 6.45) is -2.33. The van der Waals surface area contributed by atoms with Gasteiger partial charge in [0.2, 0.25) is 0 Å². The average molecular weight is 160 g/mol. The van der Waals surface area contributed by atoms with Gasteiger partial charge in [-0.05, 0) is 6.16 Å². The molecule has 0 fully saturated rings. The molecule has 0 aliphatic heterocycles. The maximum Gasteiger partial charge on any atom is 3.00 e. The van der Waals surface area contributed by atoms with Crippen molar-refractivity contribution in [1.82, 2.24) is 0 Å². The average Bonchev–Trinajstić information content (AvgIpc) is 0.811. The number of hydrogen-bond acceptors (Lipinski definition) is 4. The Bertz CT molecular complexity index is 34.7. The fourth-order valence-corrected chi connectivity index (χ4v) is 0. The zero-order valence-electron chi connectivity index (χ0n) is 3.10. The van der Waals surface area contributed by atoms with Crippen molar-refractivity contribution < 1.29 is 37.6 Å². The fraction of sp³-hybridized carbons (Fsp3) is 0. The van der Waals surface area contributed by atoms with Crippen LogP contribution in [0.2, 0.25) is 0 Å². The van der Waals surface area contributed by atoms with Crippen LogP contribution in [0.5, 0.6) is 0 Å². The first-order valence-electron chi connectivity index (χ1n) is 0.612. The number of carbonyl (C=O) groups is 1. The molecular formula is CHAlFeO4+2. The summed E-state index contributed by atoms with van der Waals surface area (Å²) in [7, 11) is 0. The molecule has 0 aromatic rings. The largest absolute Gasteiger partial charge is 3.00 e. The maximum absolute atomic E-state index is 8.33. The number of carbonyl (C=O) groups excluding carboxylic acids is 1. The van der Waals surface area contributed by atoms with E-state index in [1.807, 2.05) is 0 Å². The van der Waals surface area contributed by atoms with Crippen molar-refractivity contribution in [1.29, 1.82) is 0 Å². The fourth-order valence-electron chi connectivity index (χ4n) is 0. The second-order valence-corrected chi connectivity index (χ2v) is 0.250. The van der Waals surface area contributed by atoms with E-state index in [0.29, 0.717) is 0 Å². The van der Waals surface area contributed by atoms with Gasteiger partial charge in [0.1, 0.15) is 0 Å². The van der Waals surface area contributed by atoms with Crippen LogP contribution in [0.3, 0.4) is 0 Å². The normalized spacial score (nSPS) is 3.43. The van der Waals surface area contributed by atoms with Gasteiger partial charge < -0.3 is 20.5 Å². The minimum Gasteiger partial charge on any atom is -0.870 e. The minimum absolute atomic E-state index is 0. The third kappa shape index (κ3) is 1450. The molecule has 0 saturated carbocycles. The molecule has 6 heteroatoms. The van der Waals surface area contributed by atoms with E-state index in [4.69, 9.17) is 15.0 Å². The Morgan fingerprint density at radius 2 is 1.29 bits per heavy atom. The first kappa shape index (κ1) is 26.7. The van der Waals surface area contributed by atoms with Crippen LogP contribution >= 0.6 is 0 Å². The monoisotopic (exact) mass is 160 g/mol. The Balaban J connectivity index is -0.0000000150. The zero-order chi connectivity index (χ0) is 3.58. The predicted molar refractivity (Wildman–Crippen MR) is 13.1 cm³/mol. The maximum atomic E-state index is 8.33. The van der Waals surface area contributed by atoms with Crippen molar-refractivity contribution in [3.05, 3.63) is 0 Å². The molecule has 0 saturated heterocycles. The van der Waals surface area contributed by atoms with Gasteiger partial charge in [-0.3, -0.25) is 0 Å². The second kappa shape index (κ2) is 16.3. The van der Waals surface area contributed by atoms with Crippen LogP contribution in [0, 0.1) is 0 Å². The van der Waals surface area contributed by atoms with Crippen molar-refractivity contribution >= 4 is 23.5 Å². The van der Waals surface area contributed by atoms with Crippen LogP contribution in [-0.2, 0) is 17.1 Å². The summed E-state index contributed by atoms with van der Waals surface area (Å²) in [5, 5.41) is 16.7. The molecule has 0 rings (SSSR count). The molecule has 1 N–H and O–H groups in total. The molecule has 0 aromatic heterocycles. The third-order valence-corrected chi connectivity index (χ3v) is 0. The second-order valence-electron chi connectivity index (χ2n) is 0.250. The molecule has 0 aliphatic rings. The van der Waals surface area contributed by atoms with Gasteiger partial charge in [-0.1, -0.05) is 0 Å². The molecule has 0 amide bonds. The Kier molecular flexibility index (Phi) is 62.0. The summed E-state index contributed by atoms with van der Waals surface area (Å²) >= 11 is 0. The van der Waals surface area contributed by atoms with E-state index >= 15 is 0 Å². The van der Waals surface area contributed by atoms with Crippen molar-refractivity contribution in [2.45, 2.75) is 0 Å². The van der Waals surface area contributed by atoms with Crippen molar-refractivity contribution in [2.24, 2.45) is 0 Å². The number of carboxylic acid groups (broad SMARTS) is 2. The molecule has 0 heterocycles. The molecule has 0 aliphatic carbocycles. The van der Waals surface area contributed by atoms with E-state index in [1.54, 1.807) is 0 Å². The van der Waals surface area contributed by atoms with Crippen LogP contribution in [0.4, 0.5) is 4.79 Å². The summed E-state index contributed by atoms with van der Waals surface area (Å²) in [6.45, 7) is 0. The quantitative estimate of drug-likeness (QED) is 0.352. The number of rotatable bonds is 0. The summed E-state index contributed by atoms with van der Waals surface area (Å²) in [4.78, 5) is 8.33. The van der Waals surface area contributed by atoms with Crippen LogP contribution in [0.25, 0.3) is 0 Å². The van der Waals surface area contributed by atoms with Crippen molar-refractivity contribution in [2.75, 3.05) is 0 Å². The Morgan fingerprint density at radius 1 is 1.29 bits per heavy atom. The molecule has 0 unspecified atom stereocenters. The first-order chi connectivity index (χ1) is 1.73. The van der Waals surface area contributed by atoms with E-state index in [-0.39, 0.29) is 39.9 Å². The van der Waals surface area contributed by atoms with E-state index in [2.05, 4.69) is 0 Å². The molecule has 7 heavy (non-hydrogen) atoms. The van der Waals surface area contributed by atoms with Crippen LogP contribution in [0.15, 0.2) is 0 Å². The molecule has 0 bridgehead atoms. The van der Waals surface area contributed by atoms with Gasteiger partial charge in [-0.15, -0.1) is 0 Å². The van der Waals surface area contributed by atoms with Crippen LogP contribution in [0.1, 0.15) is 0 Å². The van der Waals surface area contributed by atoms with Gasteiger partial charge in [0.05, 0.1) is 0 Å². The summed E-state index contributed by atoms with van der Waals surface area (Å²) in [5.74, 6) is 0. The standard InChI is InChI=1S/CH2O3.Al.Fe.H2O/c2-1(3)4;;;/h(H2,2,3,4);;;1H2/q;+3;+2;/p-3. The van der Waals surface area contributed by atoms with Gasteiger partial charge in [-0.2, -0.15) is 0 Å². The van der Waals surface area contributed by atoms with Gasteiger partial charge in [0.25, 0.3) is 0 Å². The van der Waals surface area contributed by atoms with Gasteiger partial charge >= 0.3 is 34.4 Å². The minimum atomic E-state index is -2.33. The summed E-state index contributed by atoms with van der Waals surface area (Å²) < 4.78 is 0. The first-order valence-corrected chi connectivity index (χ1v) is 0.612. The smallest absolute Gasteiger partial charge is 0.870 e. The van der Waals surface area contributed by atoms with E-state index in [9.17, 15) is 0 Å². The van der Waals surface area contributed by atoms with E-state index < -0.39 is 6.16 Å².